The maximum Gasteiger partial charge on any atom is 0.222 e. The second-order valence-electron chi connectivity index (χ2n) is 6.21. The van der Waals surface area contributed by atoms with Crippen LogP contribution in [0.5, 0.6) is 0 Å². The summed E-state index contributed by atoms with van der Waals surface area (Å²) in [5, 5.41) is 0. The van der Waals surface area contributed by atoms with Crippen LogP contribution in [0.15, 0.2) is 30.3 Å². The van der Waals surface area contributed by atoms with Gasteiger partial charge in [0.1, 0.15) is 0 Å². The van der Waals surface area contributed by atoms with E-state index < -0.39 is 0 Å². The maximum absolute atomic E-state index is 12.3. The van der Waals surface area contributed by atoms with Crippen molar-refractivity contribution in [3.8, 4) is 0 Å². The minimum Gasteiger partial charge on any atom is -0.383 e. The molecule has 134 valence electrons. The lowest BCUT2D eigenvalue weighted by atomic mass is 10.2. The van der Waals surface area contributed by atoms with Crippen LogP contribution < -0.4 is 0 Å². The van der Waals surface area contributed by atoms with E-state index in [0.29, 0.717) is 19.6 Å². The summed E-state index contributed by atoms with van der Waals surface area (Å²) in [5.41, 5.74) is 1.17. The average Bonchev–Trinajstić information content (AvgIpc) is 2.86. The molecule has 1 aliphatic rings. The van der Waals surface area contributed by atoms with Crippen molar-refractivity contribution in [2.24, 2.45) is 0 Å². The highest BCUT2D eigenvalue weighted by atomic mass is 16.5. The molecule has 1 aromatic rings. The van der Waals surface area contributed by atoms with Crippen LogP contribution in [0.3, 0.4) is 0 Å². The molecule has 1 aromatic carbocycles. The number of amides is 1. The molecular formula is C19H30N2O3. The van der Waals surface area contributed by atoms with E-state index in [1.165, 1.54) is 5.56 Å². The van der Waals surface area contributed by atoms with Crippen molar-refractivity contribution in [3.63, 3.8) is 0 Å². The molecule has 0 bridgehead atoms. The standard InChI is InChI=1S/C19H30N2O3/c1-23-16-14-20-10-6-11-21(13-12-20)19(22)9-5-15-24-17-18-7-3-2-4-8-18/h2-4,7-8H,5-6,9-17H2,1H3. The third kappa shape index (κ3) is 6.99. The quantitative estimate of drug-likeness (QED) is 0.649. The van der Waals surface area contributed by atoms with Crippen molar-refractivity contribution < 1.29 is 14.3 Å². The zero-order valence-electron chi connectivity index (χ0n) is 14.8. The van der Waals surface area contributed by atoms with Gasteiger partial charge >= 0.3 is 0 Å². The Labute approximate surface area is 145 Å². The Balaban J connectivity index is 1.58. The molecule has 0 atom stereocenters. The van der Waals surface area contributed by atoms with E-state index in [4.69, 9.17) is 9.47 Å². The summed E-state index contributed by atoms with van der Waals surface area (Å²) >= 11 is 0. The minimum atomic E-state index is 0.256. The Morgan fingerprint density at radius 1 is 1.08 bits per heavy atom. The van der Waals surface area contributed by atoms with E-state index in [2.05, 4.69) is 17.0 Å². The summed E-state index contributed by atoms with van der Waals surface area (Å²) < 4.78 is 10.8. The second-order valence-corrected chi connectivity index (χ2v) is 6.21. The van der Waals surface area contributed by atoms with Gasteiger partial charge in [0.15, 0.2) is 0 Å². The molecule has 0 N–H and O–H groups in total. The van der Waals surface area contributed by atoms with Crippen LogP contribution in [0.2, 0.25) is 0 Å². The fourth-order valence-electron chi connectivity index (χ4n) is 2.91. The molecular weight excluding hydrogens is 304 g/mol. The van der Waals surface area contributed by atoms with Gasteiger partial charge in [-0.25, -0.2) is 0 Å². The zero-order chi connectivity index (χ0) is 17.0. The Bertz CT molecular complexity index is 467. The number of carbonyl (C=O) groups excluding carboxylic acids is 1. The number of benzene rings is 1. The highest BCUT2D eigenvalue weighted by Crippen LogP contribution is 2.07. The van der Waals surface area contributed by atoms with Crippen LogP contribution >= 0.6 is 0 Å². The molecule has 0 radical (unpaired) electrons. The van der Waals surface area contributed by atoms with Gasteiger partial charge in [-0.05, 0) is 24.9 Å². The molecule has 0 saturated carbocycles. The molecule has 0 spiro atoms. The second kappa shape index (κ2) is 11.2. The fourth-order valence-corrected chi connectivity index (χ4v) is 2.91. The lowest BCUT2D eigenvalue weighted by Gasteiger charge is -2.21. The molecule has 0 unspecified atom stereocenters. The van der Waals surface area contributed by atoms with Crippen molar-refractivity contribution in [2.45, 2.75) is 25.9 Å². The first-order valence-electron chi connectivity index (χ1n) is 8.90. The molecule has 0 aliphatic carbocycles. The summed E-state index contributed by atoms with van der Waals surface area (Å²) in [6.45, 7) is 6.65. The molecule has 1 heterocycles. The monoisotopic (exact) mass is 334 g/mol. The Morgan fingerprint density at radius 3 is 2.71 bits per heavy atom. The highest BCUT2D eigenvalue weighted by Gasteiger charge is 2.18. The van der Waals surface area contributed by atoms with Crippen LogP contribution in [0, 0.1) is 0 Å². The lowest BCUT2D eigenvalue weighted by Crippen LogP contribution is -2.36. The van der Waals surface area contributed by atoms with E-state index in [9.17, 15) is 4.79 Å². The van der Waals surface area contributed by atoms with Gasteiger partial charge in [-0.15, -0.1) is 0 Å². The van der Waals surface area contributed by atoms with Crippen LogP contribution in [0.4, 0.5) is 0 Å². The smallest absolute Gasteiger partial charge is 0.222 e. The van der Waals surface area contributed by atoms with Gasteiger partial charge in [-0.1, -0.05) is 30.3 Å². The molecule has 1 amide bonds. The van der Waals surface area contributed by atoms with Gasteiger partial charge in [0.05, 0.1) is 13.2 Å². The summed E-state index contributed by atoms with van der Waals surface area (Å²) in [6, 6.07) is 10.1. The van der Waals surface area contributed by atoms with Crippen LogP contribution in [-0.2, 0) is 20.9 Å². The average molecular weight is 334 g/mol. The topological polar surface area (TPSA) is 42.0 Å². The number of hydrogen-bond acceptors (Lipinski definition) is 4. The first-order chi connectivity index (χ1) is 11.8. The van der Waals surface area contributed by atoms with Gasteiger partial charge in [0.25, 0.3) is 0 Å². The fraction of sp³-hybridized carbons (Fsp3) is 0.632. The van der Waals surface area contributed by atoms with Crippen molar-refractivity contribution in [2.75, 3.05) is 53.0 Å². The van der Waals surface area contributed by atoms with E-state index >= 15 is 0 Å². The van der Waals surface area contributed by atoms with Crippen molar-refractivity contribution in [3.05, 3.63) is 35.9 Å². The predicted molar refractivity (Wildman–Crippen MR) is 94.8 cm³/mol. The minimum absolute atomic E-state index is 0.256. The van der Waals surface area contributed by atoms with Crippen LogP contribution in [0.25, 0.3) is 0 Å². The van der Waals surface area contributed by atoms with E-state index in [0.717, 1.165) is 52.2 Å². The van der Waals surface area contributed by atoms with E-state index in [1.807, 2.05) is 23.1 Å². The van der Waals surface area contributed by atoms with Crippen LogP contribution in [0.1, 0.15) is 24.8 Å². The van der Waals surface area contributed by atoms with E-state index in [1.54, 1.807) is 7.11 Å². The number of nitrogens with zero attached hydrogens (tertiary/aromatic N) is 2. The molecule has 1 saturated heterocycles. The molecule has 5 heteroatoms. The van der Waals surface area contributed by atoms with Crippen molar-refractivity contribution in [1.29, 1.82) is 0 Å². The Kier molecular flexibility index (Phi) is 8.81. The number of hydrogen-bond donors (Lipinski definition) is 0. The van der Waals surface area contributed by atoms with Gasteiger partial charge < -0.3 is 14.4 Å². The van der Waals surface area contributed by atoms with Gasteiger partial charge in [-0.2, -0.15) is 0 Å². The molecule has 5 nitrogen and oxygen atoms in total. The maximum atomic E-state index is 12.3. The number of rotatable bonds is 9. The number of ether oxygens (including phenoxy) is 2. The summed E-state index contributed by atoms with van der Waals surface area (Å²) in [5.74, 6) is 0.256. The zero-order valence-corrected chi connectivity index (χ0v) is 14.8. The van der Waals surface area contributed by atoms with Crippen molar-refractivity contribution >= 4 is 5.91 Å². The first kappa shape index (κ1) is 18.9. The Morgan fingerprint density at radius 2 is 1.92 bits per heavy atom. The lowest BCUT2D eigenvalue weighted by molar-refractivity contribution is -0.131. The molecule has 1 fully saturated rings. The molecule has 0 aromatic heterocycles. The van der Waals surface area contributed by atoms with Crippen molar-refractivity contribution in [1.82, 2.24) is 9.80 Å². The largest absolute Gasteiger partial charge is 0.383 e. The molecule has 24 heavy (non-hydrogen) atoms. The molecule has 2 rings (SSSR count). The predicted octanol–water partition coefficient (Wildman–Crippen LogP) is 2.16. The van der Waals surface area contributed by atoms with Crippen LogP contribution in [-0.4, -0.2) is 68.8 Å². The highest BCUT2D eigenvalue weighted by molar-refractivity contribution is 5.76. The van der Waals surface area contributed by atoms with Gasteiger partial charge in [0, 0.05) is 46.3 Å². The summed E-state index contributed by atoms with van der Waals surface area (Å²) in [6.07, 6.45) is 2.41. The first-order valence-corrected chi connectivity index (χ1v) is 8.90. The number of methoxy groups -OCH3 is 1. The van der Waals surface area contributed by atoms with Gasteiger partial charge in [0.2, 0.25) is 5.91 Å². The van der Waals surface area contributed by atoms with E-state index in [-0.39, 0.29) is 5.91 Å². The summed E-state index contributed by atoms with van der Waals surface area (Å²) in [7, 11) is 1.73. The SMILES string of the molecule is COCCN1CCCN(C(=O)CCCOCc2ccccc2)CC1. The third-order valence-electron chi connectivity index (χ3n) is 4.34. The number of carbonyl (C=O) groups is 1. The third-order valence-corrected chi connectivity index (χ3v) is 4.34. The van der Waals surface area contributed by atoms with Gasteiger partial charge in [-0.3, -0.25) is 9.69 Å². The molecule has 1 aliphatic heterocycles. The normalized spacial score (nSPS) is 16.1. The summed E-state index contributed by atoms with van der Waals surface area (Å²) in [4.78, 5) is 16.7. The Hall–Kier alpha value is -1.43.